The highest BCUT2D eigenvalue weighted by atomic mass is 127. The van der Waals surface area contributed by atoms with Crippen molar-refractivity contribution in [1.82, 2.24) is 10.2 Å². The van der Waals surface area contributed by atoms with Crippen LogP contribution in [0.1, 0.15) is 21.5 Å². The van der Waals surface area contributed by atoms with E-state index >= 15 is 0 Å². The van der Waals surface area contributed by atoms with Crippen molar-refractivity contribution in [3.8, 4) is 11.5 Å². The van der Waals surface area contributed by atoms with E-state index in [2.05, 4.69) is 10.6 Å². The Balaban J connectivity index is 1.46. The predicted molar refractivity (Wildman–Crippen MR) is 147 cm³/mol. The molecule has 1 heterocycles. The van der Waals surface area contributed by atoms with Gasteiger partial charge in [-0.25, -0.2) is 18.9 Å². The highest BCUT2D eigenvalue weighted by Crippen LogP contribution is 2.35. The maximum atomic E-state index is 13.8. The van der Waals surface area contributed by atoms with Gasteiger partial charge in [0.15, 0.2) is 11.5 Å². The van der Waals surface area contributed by atoms with Crippen molar-refractivity contribution >= 4 is 58.2 Å². The summed E-state index contributed by atoms with van der Waals surface area (Å²) < 4.78 is 25.8. The Kier molecular flexibility index (Phi) is 8.44. The molecule has 3 N–H and O–H groups in total. The van der Waals surface area contributed by atoms with Crippen molar-refractivity contribution in [2.45, 2.75) is 6.61 Å². The number of ether oxygens (including phenoxy) is 2. The number of halogens is 2. The third kappa shape index (κ3) is 6.52. The lowest BCUT2D eigenvalue weighted by Crippen LogP contribution is -2.38. The van der Waals surface area contributed by atoms with Gasteiger partial charge in [-0.3, -0.25) is 9.59 Å². The standard InChI is InChI=1S/C27H21FIN3O7/c1-38-22-12-16(10-19(29)24(22)39-14-15-6-8-17(9-7-15)26(35)36)11-21-25(34)32(27(37)31-21)13-23(33)30-20-5-3-2-4-18(20)28/h2-12H,13-14H2,1H3,(H,30,33)(H,31,37)(H,35,36)/b21-11+. The van der Waals surface area contributed by atoms with Gasteiger partial charge in [0.2, 0.25) is 5.91 Å². The Morgan fingerprint density at radius 2 is 1.85 bits per heavy atom. The number of rotatable bonds is 9. The number of aromatic carboxylic acids is 1. The topological polar surface area (TPSA) is 134 Å². The summed E-state index contributed by atoms with van der Waals surface area (Å²) in [5, 5.41) is 13.8. The highest BCUT2D eigenvalue weighted by Gasteiger charge is 2.35. The average Bonchev–Trinajstić information content (AvgIpc) is 3.16. The van der Waals surface area contributed by atoms with Crippen molar-refractivity contribution in [3.63, 3.8) is 0 Å². The van der Waals surface area contributed by atoms with Crippen molar-refractivity contribution in [1.29, 1.82) is 0 Å². The van der Waals surface area contributed by atoms with E-state index in [4.69, 9.17) is 14.6 Å². The minimum atomic E-state index is -1.02. The molecule has 1 fully saturated rings. The number of methoxy groups -OCH3 is 1. The molecule has 10 nitrogen and oxygen atoms in total. The summed E-state index contributed by atoms with van der Waals surface area (Å²) in [6.07, 6.45) is 1.44. The Hall–Kier alpha value is -4.46. The zero-order valence-electron chi connectivity index (χ0n) is 20.4. The van der Waals surface area contributed by atoms with Gasteiger partial charge in [0.05, 0.1) is 21.9 Å². The minimum Gasteiger partial charge on any atom is -0.493 e. The number of nitrogens with zero attached hydrogens (tertiary/aromatic N) is 1. The summed E-state index contributed by atoms with van der Waals surface area (Å²) in [5.41, 5.74) is 1.33. The molecule has 0 aromatic heterocycles. The molecule has 0 saturated carbocycles. The second kappa shape index (κ2) is 11.9. The normalized spacial score (nSPS) is 13.8. The number of carboxylic acid groups (broad SMARTS) is 1. The van der Waals surface area contributed by atoms with E-state index in [1.54, 1.807) is 24.3 Å². The van der Waals surface area contributed by atoms with E-state index in [0.717, 1.165) is 10.5 Å². The molecule has 0 atom stereocenters. The van der Waals surface area contributed by atoms with Gasteiger partial charge in [0.1, 0.15) is 24.7 Å². The number of nitrogens with one attached hydrogen (secondary N) is 2. The van der Waals surface area contributed by atoms with Crippen molar-refractivity contribution < 1.29 is 38.1 Å². The fourth-order valence-corrected chi connectivity index (χ4v) is 4.42. The lowest BCUT2D eigenvalue weighted by molar-refractivity contribution is -0.127. The third-order valence-electron chi connectivity index (χ3n) is 5.56. The lowest BCUT2D eigenvalue weighted by Gasteiger charge is -2.14. The molecule has 12 heteroatoms. The number of hydrogen-bond acceptors (Lipinski definition) is 6. The SMILES string of the molecule is COc1cc(/C=C2/NC(=O)N(CC(=O)Nc3ccccc3F)C2=O)cc(I)c1OCc1ccc(C(=O)O)cc1. The molecule has 4 rings (SSSR count). The molecular weight excluding hydrogens is 624 g/mol. The van der Waals surface area contributed by atoms with Gasteiger partial charge in [-0.2, -0.15) is 0 Å². The molecule has 3 aromatic carbocycles. The summed E-state index contributed by atoms with van der Waals surface area (Å²) in [4.78, 5) is 49.3. The maximum Gasteiger partial charge on any atom is 0.335 e. The molecule has 0 radical (unpaired) electrons. The van der Waals surface area contributed by atoms with Gasteiger partial charge < -0.3 is 25.2 Å². The molecule has 39 heavy (non-hydrogen) atoms. The molecular formula is C27H21FIN3O7. The maximum absolute atomic E-state index is 13.8. The largest absolute Gasteiger partial charge is 0.493 e. The molecule has 1 saturated heterocycles. The Bertz CT molecular complexity index is 1490. The fourth-order valence-electron chi connectivity index (χ4n) is 3.64. The van der Waals surface area contributed by atoms with Crippen LogP contribution >= 0.6 is 22.6 Å². The number of anilines is 1. The first-order valence-electron chi connectivity index (χ1n) is 11.4. The molecule has 4 amide bonds. The van der Waals surface area contributed by atoms with E-state index in [1.807, 2.05) is 22.6 Å². The number of imide groups is 1. The number of amides is 4. The number of hydrogen-bond donors (Lipinski definition) is 3. The van der Waals surface area contributed by atoms with Crippen LogP contribution in [0.4, 0.5) is 14.9 Å². The van der Waals surface area contributed by atoms with Crippen LogP contribution in [0.3, 0.4) is 0 Å². The highest BCUT2D eigenvalue weighted by molar-refractivity contribution is 14.1. The summed E-state index contributed by atoms with van der Waals surface area (Å²) in [5.74, 6) is -2.31. The first-order chi connectivity index (χ1) is 18.7. The van der Waals surface area contributed by atoms with E-state index in [1.165, 1.54) is 49.6 Å². The summed E-state index contributed by atoms with van der Waals surface area (Å²) in [6.45, 7) is -0.442. The summed E-state index contributed by atoms with van der Waals surface area (Å²) in [6, 6.07) is 14.4. The van der Waals surface area contributed by atoms with Crippen LogP contribution in [0.5, 0.6) is 11.5 Å². The fraction of sp³-hybridized carbons (Fsp3) is 0.111. The lowest BCUT2D eigenvalue weighted by atomic mass is 10.1. The van der Waals surface area contributed by atoms with Gasteiger partial charge in [-0.15, -0.1) is 0 Å². The number of benzene rings is 3. The number of para-hydroxylation sites is 1. The average molecular weight is 645 g/mol. The number of carbonyl (C=O) groups is 4. The van der Waals surface area contributed by atoms with E-state index in [-0.39, 0.29) is 23.6 Å². The molecule has 200 valence electrons. The molecule has 0 spiro atoms. The van der Waals surface area contributed by atoms with Crippen molar-refractivity contribution in [3.05, 3.63) is 92.4 Å². The Labute approximate surface area is 235 Å². The van der Waals surface area contributed by atoms with Crippen LogP contribution < -0.4 is 20.1 Å². The van der Waals surface area contributed by atoms with E-state index in [0.29, 0.717) is 20.6 Å². The van der Waals surface area contributed by atoms with Gasteiger partial charge in [-0.1, -0.05) is 24.3 Å². The van der Waals surface area contributed by atoms with Gasteiger partial charge >= 0.3 is 12.0 Å². The molecule has 1 aliphatic rings. The number of carbonyl (C=O) groups excluding carboxylic acids is 3. The van der Waals surface area contributed by atoms with E-state index < -0.39 is 36.2 Å². The molecule has 0 unspecified atom stereocenters. The Morgan fingerprint density at radius 1 is 1.13 bits per heavy atom. The van der Waals surface area contributed by atoms with Gasteiger partial charge in [0, 0.05) is 0 Å². The van der Waals surface area contributed by atoms with Crippen molar-refractivity contribution in [2.75, 3.05) is 19.0 Å². The van der Waals surface area contributed by atoms with Crippen LogP contribution in [-0.2, 0) is 16.2 Å². The van der Waals surface area contributed by atoms with Crippen LogP contribution in [-0.4, -0.2) is 47.5 Å². The van der Waals surface area contributed by atoms with Gasteiger partial charge in [-0.05, 0) is 76.2 Å². The molecule has 3 aromatic rings. The van der Waals surface area contributed by atoms with Crippen LogP contribution in [0, 0.1) is 9.39 Å². The van der Waals surface area contributed by atoms with Gasteiger partial charge in [0.25, 0.3) is 5.91 Å². The third-order valence-corrected chi connectivity index (χ3v) is 6.36. The summed E-state index contributed by atoms with van der Waals surface area (Å²) in [7, 11) is 1.45. The second-order valence-electron chi connectivity index (χ2n) is 8.23. The number of urea groups is 1. The van der Waals surface area contributed by atoms with Crippen LogP contribution in [0.25, 0.3) is 6.08 Å². The minimum absolute atomic E-state index is 0.0521. The van der Waals surface area contributed by atoms with Crippen molar-refractivity contribution in [2.24, 2.45) is 0 Å². The first kappa shape index (κ1) is 27.6. The molecule has 1 aliphatic heterocycles. The van der Waals surface area contributed by atoms with Crippen LogP contribution in [0.15, 0.2) is 66.4 Å². The first-order valence-corrected chi connectivity index (χ1v) is 12.5. The quantitative estimate of drug-likeness (QED) is 0.180. The smallest absolute Gasteiger partial charge is 0.335 e. The number of carboxylic acids is 1. The molecule has 0 bridgehead atoms. The van der Waals surface area contributed by atoms with Crippen LogP contribution in [0.2, 0.25) is 0 Å². The zero-order chi connectivity index (χ0) is 28.1. The Morgan fingerprint density at radius 3 is 2.51 bits per heavy atom. The monoisotopic (exact) mass is 645 g/mol. The zero-order valence-corrected chi connectivity index (χ0v) is 22.5. The second-order valence-corrected chi connectivity index (χ2v) is 9.39. The van der Waals surface area contributed by atoms with E-state index in [9.17, 15) is 23.6 Å². The molecule has 0 aliphatic carbocycles. The predicted octanol–water partition coefficient (Wildman–Crippen LogP) is 4.25. The summed E-state index contributed by atoms with van der Waals surface area (Å²) >= 11 is 2.04.